The Labute approximate surface area is 282 Å². The minimum absolute atomic E-state index is 0. The zero-order valence-electron chi connectivity index (χ0n) is 27.0. The first-order valence-corrected chi connectivity index (χ1v) is 18.4. The first-order chi connectivity index (χ1) is 21.1. The third kappa shape index (κ3) is 5.79. The van der Waals surface area contributed by atoms with Crippen LogP contribution in [0.5, 0.6) is 0 Å². The van der Waals surface area contributed by atoms with Gasteiger partial charge in [-0.25, -0.2) is 0 Å². The third-order valence-electron chi connectivity index (χ3n) is 14.2. The van der Waals surface area contributed by atoms with Crippen molar-refractivity contribution in [2.24, 2.45) is 53.3 Å². The van der Waals surface area contributed by atoms with Crippen molar-refractivity contribution in [3.8, 4) is 0 Å². The van der Waals surface area contributed by atoms with E-state index in [-0.39, 0.29) is 62.4 Å². The summed E-state index contributed by atoms with van der Waals surface area (Å²) < 4.78 is 0. The van der Waals surface area contributed by atoms with E-state index in [1.54, 1.807) is 0 Å². The monoisotopic (exact) mass is 675 g/mol. The molecule has 248 valence electrons. The van der Waals surface area contributed by atoms with Crippen molar-refractivity contribution in [1.82, 2.24) is 42.5 Å². The number of nitrogens with one attached hydrogen (secondary N) is 8. The molecule has 9 aliphatic rings. The molecule has 12 heteroatoms. The molecular formula is C33H57N9O2Zn. The van der Waals surface area contributed by atoms with Gasteiger partial charge >= 0.3 is 19.5 Å². The topological polar surface area (TPSA) is 170 Å². The standard InChI is InChI=1S/C33H56N8O2.H2N.Zn/c42-33(43)23-15-7-14-22-24(23)32-40-30-21-13-6-5-12-20(21)28(38-30)36-26-17-9-2-1-8-16(17)25(34-26)35-27-18-10-3-4-11-19(18)29(37-27)39-31(22)41-32;;/h16-32,34-41H,1-15H2,(H,42,43);1H2;/q;-1;+2/p-1. The summed E-state index contributed by atoms with van der Waals surface area (Å²) >= 11 is 0. The van der Waals surface area contributed by atoms with E-state index in [1.165, 1.54) is 77.0 Å². The van der Waals surface area contributed by atoms with Gasteiger partial charge in [-0.05, 0) is 92.8 Å². The van der Waals surface area contributed by atoms with E-state index >= 15 is 0 Å². The molecule has 11 nitrogen and oxygen atoms in total. The van der Waals surface area contributed by atoms with Crippen LogP contribution in [0.4, 0.5) is 0 Å². The molecule has 8 bridgehead atoms. The van der Waals surface area contributed by atoms with Gasteiger partial charge in [0.05, 0.1) is 49.3 Å². The molecule has 0 spiro atoms. The van der Waals surface area contributed by atoms with Gasteiger partial charge in [0.25, 0.3) is 0 Å². The van der Waals surface area contributed by atoms with Gasteiger partial charge in [-0.1, -0.05) is 44.9 Å². The molecule has 17 atom stereocenters. The molecule has 5 aliphatic heterocycles. The average Bonchev–Trinajstić information content (AvgIpc) is 3.76. The van der Waals surface area contributed by atoms with E-state index < -0.39 is 11.9 Å². The van der Waals surface area contributed by atoms with Crippen molar-refractivity contribution in [3.63, 3.8) is 0 Å². The molecule has 5 heterocycles. The molecule has 10 N–H and O–H groups in total. The number of hydrogen-bond donors (Lipinski definition) is 8. The van der Waals surface area contributed by atoms with Gasteiger partial charge in [0.15, 0.2) is 0 Å². The fraction of sp³-hybridized carbons (Fsp3) is 0.970. The van der Waals surface area contributed by atoms with Crippen LogP contribution in [0.25, 0.3) is 6.15 Å². The summed E-state index contributed by atoms with van der Waals surface area (Å²) in [6.07, 6.45) is 20.1. The van der Waals surface area contributed by atoms with E-state index in [2.05, 4.69) is 42.5 Å². The third-order valence-corrected chi connectivity index (χ3v) is 14.2. The summed E-state index contributed by atoms with van der Waals surface area (Å²) in [4.78, 5) is 12.5. The number of fused-ring (bicyclic) bond motifs is 20. The number of carbonyl (C=O) groups excluding carboxylic acids is 1. The quantitative estimate of drug-likeness (QED) is 0.190. The zero-order chi connectivity index (χ0) is 28.7. The van der Waals surface area contributed by atoms with Gasteiger partial charge in [0, 0.05) is 17.8 Å². The van der Waals surface area contributed by atoms with Crippen LogP contribution >= 0.6 is 0 Å². The predicted molar refractivity (Wildman–Crippen MR) is 166 cm³/mol. The molecular weight excluding hydrogens is 620 g/mol. The summed E-state index contributed by atoms with van der Waals surface area (Å²) in [5.41, 5.74) is 0. The van der Waals surface area contributed by atoms with Crippen LogP contribution in [-0.4, -0.2) is 55.3 Å². The number of rotatable bonds is 1. The molecule has 9 fully saturated rings. The van der Waals surface area contributed by atoms with Gasteiger partial charge < -0.3 is 16.1 Å². The SMILES string of the molecule is O=C([O-])C1CCCC2C3NC4NC(NC5NC(NC6NC(NC(N3)C12)C1CCCCC61)C1CCCCC51)C1CCCCC41.[NH2-].[Zn+2]. The smallest absolute Gasteiger partial charge is 0.693 e. The summed E-state index contributed by atoms with van der Waals surface area (Å²) in [6, 6.07) is 0. The fourth-order valence-corrected chi connectivity index (χ4v) is 12.3. The Balaban J connectivity index is 0.00000163. The Morgan fingerprint density at radius 3 is 0.978 bits per heavy atom. The van der Waals surface area contributed by atoms with Gasteiger partial charge in [0.2, 0.25) is 0 Å². The second-order valence-corrected chi connectivity index (χ2v) is 16.1. The van der Waals surface area contributed by atoms with Gasteiger partial charge in [0.1, 0.15) is 0 Å². The number of hydrogen-bond acceptors (Lipinski definition) is 10. The number of carboxylic acid groups (broad SMARTS) is 1. The summed E-state index contributed by atoms with van der Waals surface area (Å²) in [5.74, 6) is 2.83. The second-order valence-electron chi connectivity index (χ2n) is 16.1. The number of nitrogens with two attached hydrogens (primary N) is 1. The number of carbonyl (C=O) groups is 1. The Hall–Kier alpha value is -0.267. The van der Waals surface area contributed by atoms with E-state index in [9.17, 15) is 9.90 Å². The summed E-state index contributed by atoms with van der Waals surface area (Å²) in [7, 11) is 0. The van der Waals surface area contributed by atoms with Crippen LogP contribution in [0.2, 0.25) is 0 Å². The van der Waals surface area contributed by atoms with Crippen LogP contribution in [0, 0.1) is 53.3 Å². The molecule has 45 heavy (non-hydrogen) atoms. The molecule has 4 aliphatic carbocycles. The predicted octanol–water partition coefficient (Wildman–Crippen LogP) is 1.30. The summed E-state index contributed by atoms with van der Waals surface area (Å²) in [5, 5.41) is 45.3. The first kappa shape index (κ1) is 33.2. The molecule has 5 saturated heterocycles. The van der Waals surface area contributed by atoms with E-state index in [4.69, 9.17) is 0 Å². The van der Waals surface area contributed by atoms with Crippen LogP contribution in [-0.2, 0) is 24.3 Å². The molecule has 0 aromatic rings. The molecule has 9 rings (SSSR count). The Bertz CT molecular complexity index is 1060. The van der Waals surface area contributed by atoms with Crippen LogP contribution in [0.3, 0.4) is 0 Å². The van der Waals surface area contributed by atoms with Crippen molar-refractivity contribution in [2.45, 2.75) is 146 Å². The van der Waals surface area contributed by atoms with Crippen molar-refractivity contribution < 1.29 is 29.4 Å². The zero-order valence-corrected chi connectivity index (χ0v) is 30.0. The maximum absolute atomic E-state index is 12.5. The van der Waals surface area contributed by atoms with E-state index in [0.717, 1.165) is 19.3 Å². The molecule has 4 saturated carbocycles. The van der Waals surface area contributed by atoms with Gasteiger partial charge in [-0.3, -0.25) is 42.5 Å². The van der Waals surface area contributed by atoms with Crippen LogP contribution < -0.4 is 47.6 Å². The maximum Gasteiger partial charge on any atom is 2.00 e. The average molecular weight is 677 g/mol. The molecule has 0 radical (unpaired) electrons. The van der Waals surface area contributed by atoms with Crippen LogP contribution in [0.1, 0.15) is 96.3 Å². The van der Waals surface area contributed by atoms with Crippen molar-refractivity contribution in [3.05, 3.63) is 6.15 Å². The maximum atomic E-state index is 12.5. The van der Waals surface area contributed by atoms with Crippen LogP contribution in [0.15, 0.2) is 0 Å². The number of aliphatic carboxylic acids is 1. The van der Waals surface area contributed by atoms with E-state index in [0.29, 0.717) is 59.9 Å². The van der Waals surface area contributed by atoms with Gasteiger partial charge in [-0.2, -0.15) is 0 Å². The molecule has 0 aromatic heterocycles. The molecule has 0 amide bonds. The normalized spacial score (nSPS) is 53.6. The van der Waals surface area contributed by atoms with E-state index in [1.807, 2.05) is 0 Å². The fourth-order valence-electron chi connectivity index (χ4n) is 12.3. The molecule has 17 unspecified atom stereocenters. The Kier molecular flexibility index (Phi) is 10.0. The Morgan fingerprint density at radius 1 is 0.400 bits per heavy atom. The van der Waals surface area contributed by atoms with Crippen molar-refractivity contribution in [2.75, 3.05) is 0 Å². The number of carboxylic acids is 1. The van der Waals surface area contributed by atoms with Crippen molar-refractivity contribution >= 4 is 5.97 Å². The van der Waals surface area contributed by atoms with Gasteiger partial charge in [-0.15, -0.1) is 0 Å². The minimum atomic E-state index is -0.857. The second kappa shape index (κ2) is 13.6. The summed E-state index contributed by atoms with van der Waals surface area (Å²) in [6.45, 7) is 0. The first-order valence-electron chi connectivity index (χ1n) is 18.4. The largest absolute Gasteiger partial charge is 2.00 e. The van der Waals surface area contributed by atoms with Crippen molar-refractivity contribution in [1.29, 1.82) is 0 Å². The molecule has 0 aromatic carbocycles. The minimum Gasteiger partial charge on any atom is -0.693 e. The Morgan fingerprint density at radius 2 is 0.667 bits per heavy atom.